The second-order valence-corrected chi connectivity index (χ2v) is 5.33. The molecule has 1 saturated heterocycles. The average molecular weight is 228 g/mol. The van der Waals surface area contributed by atoms with E-state index >= 15 is 0 Å². The van der Waals surface area contributed by atoms with E-state index in [-0.39, 0.29) is 6.09 Å². The van der Waals surface area contributed by atoms with Gasteiger partial charge in [0.1, 0.15) is 5.60 Å². The van der Waals surface area contributed by atoms with E-state index in [1.165, 1.54) is 6.61 Å². The lowest BCUT2D eigenvalue weighted by atomic mass is 9.94. The Labute approximate surface area is 97.6 Å². The van der Waals surface area contributed by atoms with Crippen LogP contribution in [-0.2, 0) is 4.74 Å². The molecular formula is C12H22NO3. The smallest absolute Gasteiger partial charge is 0.410 e. The van der Waals surface area contributed by atoms with Crippen LogP contribution >= 0.6 is 0 Å². The summed E-state index contributed by atoms with van der Waals surface area (Å²) in [6.45, 7) is 8.30. The number of likely N-dealkylation sites (tertiary alicyclic amines) is 1. The van der Waals surface area contributed by atoms with Crippen molar-refractivity contribution < 1.29 is 14.6 Å². The lowest BCUT2D eigenvalue weighted by Crippen LogP contribution is -2.41. The van der Waals surface area contributed by atoms with E-state index in [2.05, 4.69) is 0 Å². The molecule has 1 fully saturated rings. The van der Waals surface area contributed by atoms with E-state index in [9.17, 15) is 4.79 Å². The summed E-state index contributed by atoms with van der Waals surface area (Å²) >= 11 is 0. The number of aliphatic hydroxyl groups is 1. The number of hydrogen-bond acceptors (Lipinski definition) is 3. The van der Waals surface area contributed by atoms with Gasteiger partial charge >= 0.3 is 6.09 Å². The molecule has 1 heterocycles. The minimum absolute atomic E-state index is 0.223. The fourth-order valence-electron chi connectivity index (χ4n) is 1.83. The van der Waals surface area contributed by atoms with Crippen LogP contribution in [0.5, 0.6) is 0 Å². The van der Waals surface area contributed by atoms with Crippen LogP contribution in [0.25, 0.3) is 0 Å². The van der Waals surface area contributed by atoms with Crippen LogP contribution in [0.1, 0.15) is 40.0 Å². The number of carbonyl (C=O) groups excluding carboxylic acids is 1. The second-order valence-electron chi connectivity index (χ2n) is 5.33. The third-order valence-corrected chi connectivity index (χ3v) is 2.70. The van der Waals surface area contributed by atoms with Gasteiger partial charge in [-0.1, -0.05) is 0 Å². The molecule has 0 aliphatic carbocycles. The van der Waals surface area contributed by atoms with Gasteiger partial charge in [-0.15, -0.1) is 0 Å². The van der Waals surface area contributed by atoms with Crippen molar-refractivity contribution in [2.45, 2.75) is 45.6 Å². The summed E-state index contributed by atoms with van der Waals surface area (Å²) in [6, 6.07) is 0. The summed E-state index contributed by atoms with van der Waals surface area (Å²) in [4.78, 5) is 13.5. The van der Waals surface area contributed by atoms with E-state index in [1.54, 1.807) is 4.90 Å². The quantitative estimate of drug-likeness (QED) is 0.790. The Morgan fingerprint density at radius 2 is 2.00 bits per heavy atom. The zero-order valence-electron chi connectivity index (χ0n) is 10.4. The molecule has 0 atom stereocenters. The molecule has 1 aliphatic heterocycles. The van der Waals surface area contributed by atoms with E-state index in [4.69, 9.17) is 9.84 Å². The highest BCUT2D eigenvalue weighted by Crippen LogP contribution is 2.22. The first-order valence-electron chi connectivity index (χ1n) is 5.86. The fraction of sp³-hybridized carbons (Fsp3) is 0.833. The van der Waals surface area contributed by atoms with Crippen LogP contribution in [0, 0.1) is 12.5 Å². The molecule has 1 amide bonds. The molecule has 93 valence electrons. The van der Waals surface area contributed by atoms with Crippen LogP contribution in [0.4, 0.5) is 4.79 Å². The summed E-state index contributed by atoms with van der Waals surface area (Å²) in [7, 11) is 0. The molecule has 0 aromatic heterocycles. The third kappa shape index (κ3) is 4.39. The maximum Gasteiger partial charge on any atom is 0.410 e. The highest BCUT2D eigenvalue weighted by molar-refractivity contribution is 5.68. The Bertz CT molecular complexity index is 227. The van der Waals surface area contributed by atoms with Crippen molar-refractivity contribution in [3.63, 3.8) is 0 Å². The Morgan fingerprint density at radius 3 is 2.44 bits per heavy atom. The molecule has 1 N–H and O–H groups in total. The van der Waals surface area contributed by atoms with Gasteiger partial charge in [0.15, 0.2) is 0 Å². The lowest BCUT2D eigenvalue weighted by molar-refractivity contribution is 0.0181. The molecule has 0 spiro atoms. The van der Waals surface area contributed by atoms with Crippen LogP contribution in [0.3, 0.4) is 0 Å². The predicted octanol–water partition coefficient (Wildman–Crippen LogP) is 2.56. The number of aliphatic hydroxyl groups excluding tert-OH is 1. The molecule has 16 heavy (non-hydrogen) atoms. The van der Waals surface area contributed by atoms with Crippen molar-refractivity contribution >= 4 is 6.09 Å². The number of amides is 1. The van der Waals surface area contributed by atoms with Crippen molar-refractivity contribution in [3.05, 3.63) is 6.61 Å². The molecule has 1 rings (SSSR count). The monoisotopic (exact) mass is 228 g/mol. The van der Waals surface area contributed by atoms with Crippen molar-refractivity contribution in [2.75, 3.05) is 13.1 Å². The summed E-state index contributed by atoms with van der Waals surface area (Å²) in [5.41, 5.74) is -0.424. The van der Waals surface area contributed by atoms with Crippen LogP contribution in [0.2, 0.25) is 0 Å². The second kappa shape index (κ2) is 5.53. The number of piperidine rings is 1. The van der Waals surface area contributed by atoms with Gasteiger partial charge in [0.25, 0.3) is 0 Å². The van der Waals surface area contributed by atoms with E-state index in [1.807, 2.05) is 20.8 Å². The molecule has 0 bridgehead atoms. The molecule has 1 radical (unpaired) electrons. The minimum Gasteiger partial charge on any atom is -0.444 e. The van der Waals surface area contributed by atoms with Gasteiger partial charge in [-0.3, -0.25) is 0 Å². The SMILES string of the molecule is CC(C)(C)OC(=O)N1CCC(C[CH]O)CC1. The first kappa shape index (κ1) is 13.3. The van der Waals surface area contributed by atoms with Gasteiger partial charge in [0.2, 0.25) is 0 Å². The third-order valence-electron chi connectivity index (χ3n) is 2.70. The number of ether oxygens (including phenoxy) is 1. The van der Waals surface area contributed by atoms with Gasteiger partial charge in [-0.25, -0.2) is 4.79 Å². The molecule has 0 aromatic rings. The number of carbonyl (C=O) groups is 1. The highest BCUT2D eigenvalue weighted by Gasteiger charge is 2.26. The van der Waals surface area contributed by atoms with Crippen LogP contribution in [0.15, 0.2) is 0 Å². The molecular weight excluding hydrogens is 206 g/mol. The first-order chi connectivity index (χ1) is 7.42. The molecule has 0 aromatic carbocycles. The van der Waals surface area contributed by atoms with Gasteiger partial charge in [0.05, 0.1) is 6.61 Å². The summed E-state index contributed by atoms with van der Waals surface area (Å²) in [5.74, 6) is 0.503. The van der Waals surface area contributed by atoms with Crippen molar-refractivity contribution in [3.8, 4) is 0 Å². The number of nitrogens with zero attached hydrogens (tertiary/aromatic N) is 1. The Hall–Kier alpha value is -0.770. The molecule has 0 unspecified atom stereocenters. The summed E-state index contributed by atoms with van der Waals surface area (Å²) in [6.07, 6.45) is 2.38. The highest BCUT2D eigenvalue weighted by atomic mass is 16.6. The largest absolute Gasteiger partial charge is 0.444 e. The minimum atomic E-state index is -0.424. The zero-order valence-corrected chi connectivity index (χ0v) is 10.4. The normalized spacial score (nSPS) is 18.6. The lowest BCUT2D eigenvalue weighted by Gasteiger charge is -2.33. The topological polar surface area (TPSA) is 49.8 Å². The summed E-state index contributed by atoms with van der Waals surface area (Å²) < 4.78 is 5.30. The Morgan fingerprint density at radius 1 is 1.44 bits per heavy atom. The van der Waals surface area contributed by atoms with Gasteiger partial charge < -0.3 is 14.7 Å². The van der Waals surface area contributed by atoms with Crippen molar-refractivity contribution in [1.82, 2.24) is 4.90 Å². The van der Waals surface area contributed by atoms with Gasteiger partial charge in [0, 0.05) is 13.1 Å². The maximum atomic E-state index is 11.7. The standard InChI is InChI=1S/C12H22NO3/c1-12(2,3)16-11(15)13-7-4-10(5-8-13)6-9-14/h9-10,14H,4-8H2,1-3H3. The average Bonchev–Trinajstić information content (AvgIpc) is 2.16. The van der Waals surface area contributed by atoms with Crippen molar-refractivity contribution in [1.29, 1.82) is 0 Å². The Kier molecular flexibility index (Phi) is 4.59. The predicted molar refractivity (Wildman–Crippen MR) is 61.4 cm³/mol. The molecule has 1 aliphatic rings. The van der Waals surface area contributed by atoms with E-state index < -0.39 is 5.60 Å². The fourth-order valence-corrected chi connectivity index (χ4v) is 1.83. The molecule has 0 saturated carbocycles. The number of rotatable bonds is 2. The molecule has 4 nitrogen and oxygen atoms in total. The van der Waals surface area contributed by atoms with Crippen LogP contribution in [-0.4, -0.2) is 34.8 Å². The van der Waals surface area contributed by atoms with Gasteiger partial charge in [-0.05, 0) is 46.0 Å². The van der Waals surface area contributed by atoms with E-state index in [0.29, 0.717) is 5.92 Å². The number of hydrogen-bond donors (Lipinski definition) is 1. The van der Waals surface area contributed by atoms with Gasteiger partial charge in [-0.2, -0.15) is 0 Å². The van der Waals surface area contributed by atoms with Crippen molar-refractivity contribution in [2.24, 2.45) is 5.92 Å². The summed E-state index contributed by atoms with van der Waals surface area (Å²) in [5, 5.41) is 8.72. The maximum absolute atomic E-state index is 11.7. The first-order valence-corrected chi connectivity index (χ1v) is 5.86. The Balaban J connectivity index is 2.33. The molecule has 4 heteroatoms. The zero-order chi connectivity index (χ0) is 12.2. The van der Waals surface area contributed by atoms with E-state index in [0.717, 1.165) is 32.4 Å². The van der Waals surface area contributed by atoms with Crippen LogP contribution < -0.4 is 0 Å².